The lowest BCUT2D eigenvalue weighted by atomic mass is 10.1. The van der Waals surface area contributed by atoms with Crippen molar-refractivity contribution in [2.45, 2.75) is 25.5 Å². The summed E-state index contributed by atoms with van der Waals surface area (Å²) in [5.74, 6) is 0.601. The molecule has 0 atom stereocenters. The summed E-state index contributed by atoms with van der Waals surface area (Å²) in [6.07, 6.45) is 3.23. The Hall–Kier alpha value is -1.69. The van der Waals surface area contributed by atoms with Crippen molar-refractivity contribution in [2.24, 2.45) is 0 Å². The highest BCUT2D eigenvalue weighted by Gasteiger charge is 2.39. The predicted molar refractivity (Wildman–Crippen MR) is 105 cm³/mol. The van der Waals surface area contributed by atoms with E-state index in [9.17, 15) is 9.59 Å². The minimum absolute atomic E-state index is 0.277. The van der Waals surface area contributed by atoms with Crippen molar-refractivity contribution in [2.75, 3.05) is 6.54 Å². The van der Waals surface area contributed by atoms with Crippen molar-refractivity contribution in [3.05, 3.63) is 62.9 Å². The van der Waals surface area contributed by atoms with Crippen LogP contribution in [0.1, 0.15) is 31.1 Å². The lowest BCUT2D eigenvalue weighted by Gasteiger charge is -2.14. The Kier molecular flexibility index (Phi) is 6.12. The Morgan fingerprint density at radius 3 is 2.62 bits per heavy atom. The standard InChI is InChI=1S/C19H17Cl2NO3S/c1-2-3-8-22-18(23)16(14-7-6-12(20)10-15(14)21)17(19(22)24)26-11-13-5-4-9-25-13/h4-7,9-10H,2-3,8,11H2,1H3. The Morgan fingerprint density at radius 1 is 1.15 bits per heavy atom. The van der Waals surface area contributed by atoms with Crippen LogP contribution in [0.3, 0.4) is 0 Å². The molecular weight excluding hydrogens is 393 g/mol. The maximum Gasteiger partial charge on any atom is 0.267 e. The van der Waals surface area contributed by atoms with Crippen molar-refractivity contribution in [1.82, 2.24) is 4.90 Å². The number of thioether (sulfide) groups is 1. The molecule has 0 unspecified atom stereocenters. The average Bonchev–Trinajstić information content (AvgIpc) is 3.19. The van der Waals surface area contributed by atoms with Crippen molar-refractivity contribution in [3.63, 3.8) is 0 Å². The number of imide groups is 1. The number of furan rings is 1. The fourth-order valence-electron chi connectivity index (χ4n) is 2.67. The number of rotatable bonds is 7. The van der Waals surface area contributed by atoms with E-state index in [1.165, 1.54) is 16.7 Å². The summed E-state index contributed by atoms with van der Waals surface area (Å²) < 4.78 is 5.33. The Morgan fingerprint density at radius 2 is 1.96 bits per heavy atom. The number of carbonyl (C=O) groups excluding carboxylic acids is 2. The summed E-state index contributed by atoms with van der Waals surface area (Å²) in [5.41, 5.74) is 0.861. The van der Waals surface area contributed by atoms with Crippen LogP contribution >= 0.6 is 35.0 Å². The van der Waals surface area contributed by atoms with Gasteiger partial charge in [-0.05, 0) is 30.7 Å². The molecule has 3 rings (SSSR count). The van der Waals surface area contributed by atoms with Gasteiger partial charge in [-0.2, -0.15) is 0 Å². The van der Waals surface area contributed by atoms with E-state index in [1.807, 2.05) is 13.0 Å². The van der Waals surface area contributed by atoms with Gasteiger partial charge >= 0.3 is 0 Å². The molecule has 0 radical (unpaired) electrons. The van der Waals surface area contributed by atoms with E-state index in [2.05, 4.69) is 0 Å². The van der Waals surface area contributed by atoms with Crippen LogP contribution in [0.2, 0.25) is 10.0 Å². The number of benzene rings is 1. The zero-order valence-corrected chi connectivity index (χ0v) is 16.5. The molecule has 2 aromatic rings. The second kappa shape index (κ2) is 8.33. The van der Waals surface area contributed by atoms with Gasteiger partial charge in [0.25, 0.3) is 11.8 Å². The topological polar surface area (TPSA) is 50.5 Å². The number of halogens is 2. The van der Waals surface area contributed by atoms with E-state index in [4.69, 9.17) is 27.6 Å². The third-order valence-electron chi connectivity index (χ3n) is 4.00. The van der Waals surface area contributed by atoms with Gasteiger partial charge in [0.05, 0.1) is 27.5 Å². The van der Waals surface area contributed by atoms with Crippen LogP contribution < -0.4 is 0 Å². The van der Waals surface area contributed by atoms with E-state index < -0.39 is 0 Å². The molecule has 0 bridgehead atoms. The molecule has 0 spiro atoms. The Labute approximate surface area is 166 Å². The zero-order chi connectivity index (χ0) is 18.7. The summed E-state index contributed by atoms with van der Waals surface area (Å²) >= 11 is 13.6. The first kappa shape index (κ1) is 19.1. The molecule has 1 aliphatic rings. The largest absolute Gasteiger partial charge is 0.468 e. The van der Waals surface area contributed by atoms with Crippen LogP contribution in [0, 0.1) is 0 Å². The number of hydrogen-bond acceptors (Lipinski definition) is 4. The van der Waals surface area contributed by atoms with Gasteiger partial charge < -0.3 is 4.42 Å². The minimum atomic E-state index is -0.311. The SMILES string of the molecule is CCCCN1C(=O)C(SCc2ccco2)=C(c2ccc(Cl)cc2Cl)C1=O. The van der Waals surface area contributed by atoms with Gasteiger partial charge in [-0.3, -0.25) is 14.5 Å². The van der Waals surface area contributed by atoms with E-state index >= 15 is 0 Å². The summed E-state index contributed by atoms with van der Waals surface area (Å²) in [7, 11) is 0. The maximum atomic E-state index is 12.9. The lowest BCUT2D eigenvalue weighted by molar-refractivity contribution is -0.136. The van der Waals surface area contributed by atoms with Crippen LogP contribution in [-0.2, 0) is 15.3 Å². The van der Waals surface area contributed by atoms with E-state index in [0.29, 0.717) is 38.4 Å². The highest BCUT2D eigenvalue weighted by molar-refractivity contribution is 8.03. The van der Waals surface area contributed by atoms with E-state index in [-0.39, 0.29) is 11.8 Å². The van der Waals surface area contributed by atoms with Gasteiger partial charge in [0.15, 0.2) is 0 Å². The summed E-state index contributed by atoms with van der Waals surface area (Å²) in [6, 6.07) is 8.54. The first-order valence-corrected chi connectivity index (χ1v) is 9.98. The minimum Gasteiger partial charge on any atom is -0.468 e. The van der Waals surface area contributed by atoms with Crippen LogP contribution in [0.4, 0.5) is 0 Å². The normalized spacial score (nSPS) is 14.7. The molecule has 0 fully saturated rings. The molecule has 2 amide bonds. The first-order valence-electron chi connectivity index (χ1n) is 8.24. The van der Waals surface area contributed by atoms with Gasteiger partial charge in [-0.25, -0.2) is 0 Å². The molecule has 0 N–H and O–H groups in total. The highest BCUT2D eigenvalue weighted by atomic mass is 35.5. The number of hydrogen-bond donors (Lipinski definition) is 0. The number of nitrogens with zero attached hydrogens (tertiary/aromatic N) is 1. The molecule has 0 aliphatic carbocycles. The van der Waals surface area contributed by atoms with Crippen molar-refractivity contribution < 1.29 is 14.0 Å². The van der Waals surface area contributed by atoms with Gasteiger partial charge in [0.1, 0.15) is 5.76 Å². The Bertz CT molecular complexity index is 862. The second-order valence-corrected chi connectivity index (χ2v) is 7.64. The average molecular weight is 410 g/mol. The third kappa shape index (κ3) is 3.85. The molecule has 7 heteroatoms. The molecule has 26 heavy (non-hydrogen) atoms. The summed E-state index contributed by atoms with van der Waals surface area (Å²) in [6.45, 7) is 2.41. The number of carbonyl (C=O) groups is 2. The number of unbranched alkanes of at least 4 members (excludes halogenated alkanes) is 1. The molecule has 1 aromatic heterocycles. The lowest BCUT2D eigenvalue weighted by Crippen LogP contribution is -2.32. The van der Waals surface area contributed by atoms with Gasteiger partial charge in [0, 0.05) is 17.1 Å². The molecule has 4 nitrogen and oxygen atoms in total. The number of amides is 2. The first-order chi connectivity index (χ1) is 12.5. The van der Waals surface area contributed by atoms with Gasteiger partial charge in [-0.15, -0.1) is 11.8 Å². The van der Waals surface area contributed by atoms with E-state index in [1.54, 1.807) is 30.5 Å². The quantitative estimate of drug-likeness (QED) is 0.574. The smallest absolute Gasteiger partial charge is 0.267 e. The van der Waals surface area contributed by atoms with Crippen LogP contribution in [0.5, 0.6) is 0 Å². The van der Waals surface area contributed by atoms with Crippen LogP contribution in [0.25, 0.3) is 5.57 Å². The van der Waals surface area contributed by atoms with Crippen molar-refractivity contribution in [1.29, 1.82) is 0 Å². The van der Waals surface area contributed by atoms with Crippen LogP contribution in [-0.4, -0.2) is 23.3 Å². The molecular formula is C19H17Cl2NO3S. The second-order valence-electron chi connectivity index (χ2n) is 5.81. The Balaban J connectivity index is 1.99. The fourth-order valence-corrected chi connectivity index (χ4v) is 4.20. The molecule has 1 aliphatic heterocycles. The third-order valence-corrected chi connectivity index (χ3v) is 5.64. The summed E-state index contributed by atoms with van der Waals surface area (Å²) in [5, 5.41) is 0.825. The molecule has 2 heterocycles. The molecule has 0 saturated heterocycles. The summed E-state index contributed by atoms with van der Waals surface area (Å²) in [4.78, 5) is 27.5. The van der Waals surface area contributed by atoms with E-state index in [0.717, 1.165) is 18.6 Å². The zero-order valence-electron chi connectivity index (χ0n) is 14.1. The van der Waals surface area contributed by atoms with Gasteiger partial charge in [0.2, 0.25) is 0 Å². The molecule has 0 saturated carbocycles. The predicted octanol–water partition coefficient (Wildman–Crippen LogP) is 5.40. The monoisotopic (exact) mass is 409 g/mol. The van der Waals surface area contributed by atoms with Gasteiger partial charge in [-0.1, -0.05) is 42.6 Å². The molecule has 1 aromatic carbocycles. The fraction of sp³-hybridized carbons (Fsp3) is 0.263. The van der Waals surface area contributed by atoms with Crippen molar-refractivity contribution in [3.8, 4) is 0 Å². The van der Waals surface area contributed by atoms with Crippen molar-refractivity contribution >= 4 is 52.4 Å². The maximum absolute atomic E-state index is 12.9. The highest BCUT2D eigenvalue weighted by Crippen LogP contribution is 2.40. The van der Waals surface area contributed by atoms with Crippen LogP contribution in [0.15, 0.2) is 45.9 Å². The molecule has 136 valence electrons.